The molecule has 188 valence electrons. The van der Waals surface area contributed by atoms with E-state index >= 15 is 0 Å². The number of carbonyl (C=O) groups excluding carboxylic acids is 2. The molecule has 8 atom stereocenters. The molecule has 0 aromatic heterocycles. The summed E-state index contributed by atoms with van der Waals surface area (Å²) in [6.45, 7) is 2.79. The number of hydrogen-bond acceptors (Lipinski definition) is 7. The number of fused-ring (bicyclic) bond motifs is 1. The predicted molar refractivity (Wildman–Crippen MR) is 127 cm³/mol. The number of esters is 1. The Hall–Kier alpha value is -1.69. The van der Waals surface area contributed by atoms with Crippen molar-refractivity contribution in [1.29, 1.82) is 5.26 Å². The molecular formula is C26H41N5O3. The van der Waals surface area contributed by atoms with E-state index in [0.717, 1.165) is 51.4 Å². The van der Waals surface area contributed by atoms with Crippen LogP contribution in [0.15, 0.2) is 0 Å². The fraction of sp³-hybridized carbons (Fsp3) is 0.885. The second kappa shape index (κ2) is 8.76. The van der Waals surface area contributed by atoms with Crippen LogP contribution in [0.4, 0.5) is 0 Å². The van der Waals surface area contributed by atoms with Crippen LogP contribution in [0.3, 0.4) is 0 Å². The smallest absolute Gasteiger partial charge is 0.323 e. The Labute approximate surface area is 203 Å². The zero-order chi connectivity index (χ0) is 24.3. The molecule has 6 aliphatic rings. The first-order chi connectivity index (χ1) is 16.3. The molecule has 8 unspecified atom stereocenters. The van der Waals surface area contributed by atoms with Crippen LogP contribution >= 0.6 is 0 Å². The number of amides is 1. The molecule has 0 aromatic rings. The molecule has 0 spiro atoms. The zero-order valence-corrected chi connectivity index (χ0v) is 20.7. The minimum absolute atomic E-state index is 0.0540. The van der Waals surface area contributed by atoms with Crippen LogP contribution < -0.4 is 16.8 Å². The fourth-order valence-electron chi connectivity index (χ4n) is 8.64. The first kappa shape index (κ1) is 24.0. The highest BCUT2D eigenvalue weighted by Crippen LogP contribution is 2.64. The van der Waals surface area contributed by atoms with Gasteiger partial charge in [-0.05, 0) is 100 Å². The van der Waals surface area contributed by atoms with Gasteiger partial charge in [-0.25, -0.2) is 0 Å². The van der Waals surface area contributed by atoms with Crippen molar-refractivity contribution in [3.05, 3.63) is 0 Å². The number of nitrogens with one attached hydrogen (secondary N) is 1. The summed E-state index contributed by atoms with van der Waals surface area (Å²) in [5.74, 6) is 1.55. The van der Waals surface area contributed by atoms with Crippen LogP contribution in [0, 0.1) is 40.4 Å². The number of likely N-dealkylation sites (tertiary alicyclic amines) is 1. The maximum Gasteiger partial charge on any atom is 0.323 e. The Morgan fingerprint density at radius 3 is 2.53 bits per heavy atom. The number of piperidine rings is 1. The molecule has 0 radical (unpaired) electrons. The zero-order valence-electron chi connectivity index (χ0n) is 20.7. The van der Waals surface area contributed by atoms with E-state index in [9.17, 15) is 14.9 Å². The number of carbonyl (C=O) groups is 2. The molecule has 8 nitrogen and oxygen atoms in total. The summed E-state index contributed by atoms with van der Waals surface area (Å²) >= 11 is 0. The predicted octanol–water partition coefficient (Wildman–Crippen LogP) is 1.67. The van der Waals surface area contributed by atoms with Crippen LogP contribution in [0.2, 0.25) is 0 Å². The summed E-state index contributed by atoms with van der Waals surface area (Å²) in [7, 11) is 1.80. The second-order valence-electron chi connectivity index (χ2n) is 12.2. The van der Waals surface area contributed by atoms with E-state index in [1.807, 2.05) is 4.90 Å². The Bertz CT molecular complexity index is 857. The van der Waals surface area contributed by atoms with Crippen molar-refractivity contribution in [3.8, 4) is 6.07 Å². The monoisotopic (exact) mass is 471 g/mol. The van der Waals surface area contributed by atoms with Gasteiger partial charge in [-0.1, -0.05) is 13.3 Å². The Kier molecular flexibility index (Phi) is 6.19. The summed E-state index contributed by atoms with van der Waals surface area (Å²) < 4.78 is 6.34. The molecule has 5 saturated carbocycles. The quantitative estimate of drug-likeness (QED) is 0.344. The van der Waals surface area contributed by atoms with E-state index in [0.29, 0.717) is 43.1 Å². The number of ether oxygens (including phenoxy) is 1. The van der Waals surface area contributed by atoms with Crippen molar-refractivity contribution in [2.45, 2.75) is 101 Å². The number of nitriles is 1. The van der Waals surface area contributed by atoms with Crippen molar-refractivity contribution in [2.24, 2.45) is 40.6 Å². The molecule has 5 aliphatic carbocycles. The van der Waals surface area contributed by atoms with Crippen LogP contribution in [0.1, 0.15) is 71.1 Å². The molecule has 6 fully saturated rings. The van der Waals surface area contributed by atoms with Gasteiger partial charge in [0.15, 0.2) is 0 Å². The third kappa shape index (κ3) is 3.84. The number of rotatable bonds is 9. The van der Waals surface area contributed by atoms with Gasteiger partial charge in [0.05, 0.1) is 12.1 Å². The normalized spacial score (nSPS) is 43.2. The largest absolute Gasteiger partial charge is 0.458 e. The Morgan fingerprint density at radius 1 is 1.21 bits per heavy atom. The average molecular weight is 472 g/mol. The van der Waals surface area contributed by atoms with Crippen molar-refractivity contribution in [3.63, 3.8) is 0 Å². The Balaban J connectivity index is 1.33. The second-order valence-corrected chi connectivity index (χ2v) is 12.2. The summed E-state index contributed by atoms with van der Waals surface area (Å²) in [5, 5.41) is 12.8. The van der Waals surface area contributed by atoms with Gasteiger partial charge >= 0.3 is 5.97 Å². The van der Waals surface area contributed by atoms with Crippen molar-refractivity contribution in [1.82, 2.24) is 10.2 Å². The van der Waals surface area contributed by atoms with Gasteiger partial charge in [0.1, 0.15) is 17.7 Å². The molecule has 1 saturated heterocycles. The minimum Gasteiger partial charge on any atom is -0.458 e. The highest BCUT2D eigenvalue weighted by Gasteiger charge is 2.65. The highest BCUT2D eigenvalue weighted by atomic mass is 16.6. The molecule has 8 heteroatoms. The Morgan fingerprint density at radius 2 is 1.91 bits per heavy atom. The summed E-state index contributed by atoms with van der Waals surface area (Å²) in [6, 6.07) is 1.20. The first-order valence-corrected chi connectivity index (χ1v) is 13.3. The van der Waals surface area contributed by atoms with E-state index in [1.165, 1.54) is 0 Å². The molecule has 1 amide bonds. The summed E-state index contributed by atoms with van der Waals surface area (Å²) in [5.41, 5.74) is 11.6. The molecule has 6 rings (SSSR count). The number of hydrogen-bond donors (Lipinski definition) is 3. The standard InChI is InChI=1S/C26H41N5O3/c1-15-19-8-18(13-28)31(21(15)19)23(32)22(29)25-9-16-7-17(10-25)12-26(11-16,14-25)34-24(33)20(30-2)5-3-4-6-27/h15-22,30H,3-12,14,27,29H2,1-2H3. The lowest BCUT2D eigenvalue weighted by molar-refractivity contribution is -0.207. The maximum absolute atomic E-state index is 13.8. The van der Waals surface area contributed by atoms with Gasteiger partial charge < -0.3 is 26.4 Å². The number of unbranched alkanes of at least 4 members (excludes halogenated alkanes) is 1. The lowest BCUT2D eigenvalue weighted by atomic mass is 9.46. The van der Waals surface area contributed by atoms with Crippen LogP contribution in [0.5, 0.6) is 0 Å². The van der Waals surface area contributed by atoms with Crippen LogP contribution in [-0.4, -0.2) is 60.1 Å². The fourth-order valence-corrected chi connectivity index (χ4v) is 8.64. The average Bonchev–Trinajstić information content (AvgIpc) is 3.24. The van der Waals surface area contributed by atoms with Gasteiger partial charge in [0.25, 0.3) is 0 Å². The van der Waals surface area contributed by atoms with Crippen molar-refractivity contribution >= 4 is 11.9 Å². The SMILES string of the molecule is CNC(CCCCN)C(=O)OC12CC3CC(C1)CC(C(N)C(=O)N1C(C#N)CC4C(C)C41)(C3)C2. The molecule has 1 heterocycles. The first-order valence-electron chi connectivity index (χ1n) is 13.3. The summed E-state index contributed by atoms with van der Waals surface area (Å²) in [4.78, 5) is 28.8. The molecular weight excluding hydrogens is 430 g/mol. The number of nitrogens with two attached hydrogens (primary N) is 2. The van der Waals surface area contributed by atoms with Gasteiger partial charge in [-0.15, -0.1) is 0 Å². The van der Waals surface area contributed by atoms with Crippen LogP contribution in [-0.2, 0) is 14.3 Å². The lowest BCUT2D eigenvalue weighted by Gasteiger charge is -2.62. The summed E-state index contributed by atoms with van der Waals surface area (Å²) in [6.07, 6.45) is 8.68. The maximum atomic E-state index is 13.8. The topological polar surface area (TPSA) is 134 Å². The van der Waals surface area contributed by atoms with E-state index in [1.54, 1.807) is 7.05 Å². The van der Waals surface area contributed by atoms with E-state index in [2.05, 4.69) is 18.3 Å². The number of likely N-dealkylation sites (N-methyl/N-ethyl adjacent to an activating group) is 1. The third-order valence-electron chi connectivity index (χ3n) is 9.94. The van der Waals surface area contributed by atoms with E-state index < -0.39 is 11.6 Å². The highest BCUT2D eigenvalue weighted by molar-refractivity contribution is 5.85. The van der Waals surface area contributed by atoms with E-state index in [-0.39, 0.29) is 35.4 Å². The van der Waals surface area contributed by atoms with E-state index in [4.69, 9.17) is 16.2 Å². The van der Waals surface area contributed by atoms with Crippen LogP contribution in [0.25, 0.3) is 0 Å². The lowest BCUT2D eigenvalue weighted by Crippen LogP contribution is -2.66. The minimum atomic E-state index is -0.636. The number of nitrogens with zero attached hydrogens (tertiary/aromatic N) is 2. The van der Waals surface area contributed by atoms with Crippen molar-refractivity contribution < 1.29 is 14.3 Å². The van der Waals surface area contributed by atoms with Crippen molar-refractivity contribution in [2.75, 3.05) is 13.6 Å². The van der Waals surface area contributed by atoms with Gasteiger partial charge in [-0.3, -0.25) is 9.59 Å². The molecule has 4 bridgehead atoms. The van der Waals surface area contributed by atoms with Gasteiger partial charge in [-0.2, -0.15) is 5.26 Å². The molecule has 1 aliphatic heterocycles. The molecule has 0 aromatic carbocycles. The third-order valence-corrected chi connectivity index (χ3v) is 9.94. The van der Waals surface area contributed by atoms with Gasteiger partial charge in [0, 0.05) is 6.04 Å². The van der Waals surface area contributed by atoms with Gasteiger partial charge in [0.2, 0.25) is 5.91 Å². The molecule has 5 N–H and O–H groups in total. The molecule has 34 heavy (non-hydrogen) atoms.